The Hall–Kier alpha value is -1.77. The van der Waals surface area contributed by atoms with Crippen LogP contribution in [0.25, 0.3) is 10.9 Å². The standard InChI is InChI=1S/C14H15NO2/c1-15-9-10(8-14(6-7-14)13(16)17)11-4-2-3-5-12(11)15/h2-5,9H,6-8H2,1H3,(H,16,17). The third-order valence-corrected chi connectivity index (χ3v) is 3.82. The summed E-state index contributed by atoms with van der Waals surface area (Å²) in [4.78, 5) is 11.2. The maximum absolute atomic E-state index is 11.2. The molecule has 0 saturated heterocycles. The summed E-state index contributed by atoms with van der Waals surface area (Å²) in [5, 5.41) is 10.4. The number of hydrogen-bond donors (Lipinski definition) is 1. The molecule has 0 atom stereocenters. The van der Waals surface area contributed by atoms with E-state index in [-0.39, 0.29) is 0 Å². The summed E-state index contributed by atoms with van der Waals surface area (Å²) >= 11 is 0. The topological polar surface area (TPSA) is 42.2 Å². The molecule has 88 valence electrons. The second-order valence-corrected chi connectivity index (χ2v) is 5.04. The molecule has 1 N–H and O–H groups in total. The summed E-state index contributed by atoms with van der Waals surface area (Å²) in [6.45, 7) is 0. The van der Waals surface area contributed by atoms with Gasteiger partial charge in [0.15, 0.2) is 0 Å². The molecule has 1 aromatic heterocycles. The molecular formula is C14H15NO2. The van der Waals surface area contributed by atoms with Gasteiger partial charge in [-0.3, -0.25) is 4.79 Å². The Kier molecular flexibility index (Phi) is 2.05. The Morgan fingerprint density at radius 2 is 2.12 bits per heavy atom. The lowest BCUT2D eigenvalue weighted by Crippen LogP contribution is -2.17. The Balaban J connectivity index is 2.04. The van der Waals surface area contributed by atoms with Crippen molar-refractivity contribution >= 4 is 16.9 Å². The van der Waals surface area contributed by atoms with Gasteiger partial charge in [0.05, 0.1) is 5.41 Å². The fraction of sp³-hybridized carbons (Fsp3) is 0.357. The van der Waals surface area contributed by atoms with E-state index in [0.29, 0.717) is 6.42 Å². The maximum atomic E-state index is 11.2. The Labute approximate surface area is 99.7 Å². The van der Waals surface area contributed by atoms with Crippen LogP contribution in [0.2, 0.25) is 0 Å². The summed E-state index contributed by atoms with van der Waals surface area (Å²) in [7, 11) is 2.01. The number of hydrogen-bond acceptors (Lipinski definition) is 1. The molecule has 0 spiro atoms. The quantitative estimate of drug-likeness (QED) is 0.879. The molecular weight excluding hydrogens is 214 g/mol. The van der Waals surface area contributed by atoms with Gasteiger partial charge in [0, 0.05) is 24.1 Å². The van der Waals surface area contributed by atoms with Crippen LogP contribution in [0, 0.1) is 5.41 Å². The monoisotopic (exact) mass is 229 g/mol. The van der Waals surface area contributed by atoms with Crippen LogP contribution in [0.15, 0.2) is 30.5 Å². The number of carbonyl (C=O) groups is 1. The number of carboxylic acid groups (broad SMARTS) is 1. The molecule has 0 aliphatic heterocycles. The molecule has 0 unspecified atom stereocenters. The SMILES string of the molecule is Cn1cc(CC2(C(=O)O)CC2)c2ccccc21. The maximum Gasteiger partial charge on any atom is 0.309 e. The van der Waals surface area contributed by atoms with Gasteiger partial charge in [0.2, 0.25) is 0 Å². The van der Waals surface area contributed by atoms with Crippen molar-refractivity contribution in [2.75, 3.05) is 0 Å². The third-order valence-electron chi connectivity index (χ3n) is 3.82. The average molecular weight is 229 g/mol. The predicted molar refractivity (Wildman–Crippen MR) is 65.9 cm³/mol. The third kappa shape index (κ3) is 1.54. The number of benzene rings is 1. The number of carboxylic acids is 1. The number of aliphatic carboxylic acids is 1. The molecule has 1 saturated carbocycles. The summed E-state index contributed by atoms with van der Waals surface area (Å²) in [5.74, 6) is -0.648. The molecule has 17 heavy (non-hydrogen) atoms. The van der Waals surface area contributed by atoms with Crippen LogP contribution in [0.5, 0.6) is 0 Å². The van der Waals surface area contributed by atoms with E-state index in [4.69, 9.17) is 0 Å². The number of para-hydroxylation sites is 1. The molecule has 3 rings (SSSR count). The molecule has 0 bridgehead atoms. The van der Waals surface area contributed by atoms with E-state index in [9.17, 15) is 9.90 Å². The molecule has 1 aromatic carbocycles. The smallest absolute Gasteiger partial charge is 0.309 e. The number of aromatic nitrogens is 1. The van der Waals surface area contributed by atoms with E-state index in [1.54, 1.807) is 0 Å². The molecule has 2 aromatic rings. The van der Waals surface area contributed by atoms with Crippen molar-refractivity contribution in [3.8, 4) is 0 Å². The highest BCUT2D eigenvalue weighted by Gasteiger charge is 2.50. The minimum Gasteiger partial charge on any atom is -0.481 e. The van der Waals surface area contributed by atoms with Crippen LogP contribution in [-0.2, 0) is 18.3 Å². The van der Waals surface area contributed by atoms with Gasteiger partial charge in [-0.25, -0.2) is 0 Å². The molecule has 1 aliphatic carbocycles. The highest BCUT2D eigenvalue weighted by Crippen LogP contribution is 2.49. The van der Waals surface area contributed by atoms with Crippen molar-refractivity contribution in [1.29, 1.82) is 0 Å². The van der Waals surface area contributed by atoms with Crippen LogP contribution in [0.1, 0.15) is 18.4 Å². The highest BCUT2D eigenvalue weighted by atomic mass is 16.4. The van der Waals surface area contributed by atoms with Crippen molar-refractivity contribution in [1.82, 2.24) is 4.57 Å². The van der Waals surface area contributed by atoms with Crippen LogP contribution >= 0.6 is 0 Å². The first-order valence-electron chi connectivity index (χ1n) is 5.89. The first kappa shape index (κ1) is 10.4. The van der Waals surface area contributed by atoms with Gasteiger partial charge in [-0.15, -0.1) is 0 Å². The van der Waals surface area contributed by atoms with Crippen LogP contribution < -0.4 is 0 Å². The largest absolute Gasteiger partial charge is 0.481 e. The molecule has 0 amide bonds. The van der Waals surface area contributed by atoms with Crippen LogP contribution in [0.4, 0.5) is 0 Å². The molecule has 3 nitrogen and oxygen atoms in total. The molecule has 1 fully saturated rings. The van der Waals surface area contributed by atoms with Gasteiger partial charge in [-0.2, -0.15) is 0 Å². The average Bonchev–Trinajstić information content (AvgIpc) is 3.03. The lowest BCUT2D eigenvalue weighted by molar-refractivity contribution is -0.143. The van der Waals surface area contributed by atoms with Crippen molar-refractivity contribution in [2.45, 2.75) is 19.3 Å². The van der Waals surface area contributed by atoms with Gasteiger partial charge in [0.1, 0.15) is 0 Å². The van der Waals surface area contributed by atoms with E-state index in [1.165, 1.54) is 10.9 Å². The number of rotatable bonds is 3. The molecule has 1 aliphatic rings. The van der Waals surface area contributed by atoms with E-state index >= 15 is 0 Å². The van der Waals surface area contributed by atoms with Gasteiger partial charge < -0.3 is 9.67 Å². The number of aryl methyl sites for hydroxylation is 1. The second-order valence-electron chi connectivity index (χ2n) is 5.04. The van der Waals surface area contributed by atoms with Crippen molar-refractivity contribution in [3.05, 3.63) is 36.0 Å². The zero-order valence-corrected chi connectivity index (χ0v) is 9.81. The summed E-state index contributed by atoms with van der Waals surface area (Å²) < 4.78 is 2.07. The van der Waals surface area contributed by atoms with Gasteiger partial charge in [-0.1, -0.05) is 18.2 Å². The second kappa shape index (κ2) is 3.36. The lowest BCUT2D eigenvalue weighted by atomic mass is 9.96. The molecule has 3 heteroatoms. The van der Waals surface area contributed by atoms with E-state index < -0.39 is 11.4 Å². The lowest BCUT2D eigenvalue weighted by Gasteiger charge is -2.07. The predicted octanol–water partition coefficient (Wildman–Crippen LogP) is 2.59. The van der Waals surface area contributed by atoms with E-state index in [1.807, 2.05) is 19.2 Å². The Bertz CT molecular complexity index is 593. The minimum absolute atomic E-state index is 0.482. The van der Waals surface area contributed by atoms with E-state index in [0.717, 1.165) is 18.4 Å². The molecule has 1 heterocycles. The fourth-order valence-corrected chi connectivity index (χ4v) is 2.55. The first-order chi connectivity index (χ1) is 8.12. The van der Waals surface area contributed by atoms with E-state index in [2.05, 4.69) is 22.9 Å². The number of fused-ring (bicyclic) bond motifs is 1. The Morgan fingerprint density at radius 3 is 2.76 bits per heavy atom. The van der Waals surface area contributed by atoms with Gasteiger partial charge in [0.25, 0.3) is 0 Å². The van der Waals surface area contributed by atoms with Crippen LogP contribution in [-0.4, -0.2) is 15.6 Å². The van der Waals surface area contributed by atoms with Crippen molar-refractivity contribution in [2.24, 2.45) is 12.5 Å². The van der Waals surface area contributed by atoms with Gasteiger partial charge in [-0.05, 0) is 30.9 Å². The fourth-order valence-electron chi connectivity index (χ4n) is 2.55. The minimum atomic E-state index is -0.648. The summed E-state index contributed by atoms with van der Waals surface area (Å²) in [6, 6.07) is 8.16. The molecule has 0 radical (unpaired) electrons. The summed E-state index contributed by atoms with van der Waals surface area (Å²) in [6.07, 6.45) is 4.34. The Morgan fingerprint density at radius 1 is 1.41 bits per heavy atom. The van der Waals surface area contributed by atoms with Crippen molar-refractivity contribution < 1.29 is 9.90 Å². The van der Waals surface area contributed by atoms with Crippen LogP contribution in [0.3, 0.4) is 0 Å². The highest BCUT2D eigenvalue weighted by molar-refractivity contribution is 5.85. The van der Waals surface area contributed by atoms with Gasteiger partial charge >= 0.3 is 5.97 Å². The summed E-state index contributed by atoms with van der Waals surface area (Å²) in [5.41, 5.74) is 1.84. The normalized spacial score (nSPS) is 17.2. The first-order valence-corrected chi connectivity index (χ1v) is 5.89. The number of nitrogens with zero attached hydrogens (tertiary/aromatic N) is 1. The zero-order valence-electron chi connectivity index (χ0n) is 9.81. The zero-order chi connectivity index (χ0) is 12.0. The van der Waals surface area contributed by atoms with Crippen molar-refractivity contribution in [3.63, 3.8) is 0 Å².